The number of aromatic hydroxyl groups is 1. The molecule has 0 aliphatic heterocycles. The summed E-state index contributed by atoms with van der Waals surface area (Å²) < 4.78 is 4.25. The van der Waals surface area contributed by atoms with Gasteiger partial charge in [0.1, 0.15) is 5.75 Å². The third-order valence-corrected chi connectivity index (χ3v) is 2.23. The molecule has 0 aliphatic carbocycles. The van der Waals surface area contributed by atoms with Gasteiger partial charge in [-0.1, -0.05) is 0 Å². The maximum atomic E-state index is 11.2. The summed E-state index contributed by atoms with van der Waals surface area (Å²) in [6.07, 6.45) is 0. The number of aryl methyl sites for hydroxylation is 2. The second kappa shape index (κ2) is 4.65. The van der Waals surface area contributed by atoms with Crippen molar-refractivity contribution in [2.45, 2.75) is 13.8 Å². The number of carbonyl (C=O) groups is 2. The van der Waals surface area contributed by atoms with Gasteiger partial charge in [0.25, 0.3) is 0 Å². The number of esters is 1. The largest absolute Gasteiger partial charge is 0.506 e. The smallest absolute Gasteiger partial charge is 0.396 e. The summed E-state index contributed by atoms with van der Waals surface area (Å²) in [6.45, 7) is 3.67. The van der Waals surface area contributed by atoms with E-state index in [9.17, 15) is 14.7 Å². The van der Waals surface area contributed by atoms with E-state index in [0.29, 0.717) is 0 Å². The highest BCUT2D eigenvalue weighted by atomic mass is 16.5. The average Bonchev–Trinajstić information content (AvgIpc) is 2.24. The molecule has 5 nitrogen and oxygen atoms in total. The molecule has 0 heterocycles. The van der Waals surface area contributed by atoms with E-state index in [0.717, 1.165) is 18.2 Å². The van der Waals surface area contributed by atoms with Gasteiger partial charge >= 0.3 is 11.9 Å². The van der Waals surface area contributed by atoms with E-state index in [-0.39, 0.29) is 11.4 Å². The van der Waals surface area contributed by atoms with E-state index in [1.165, 1.54) is 6.07 Å². The van der Waals surface area contributed by atoms with Gasteiger partial charge in [0.05, 0.1) is 12.8 Å². The van der Waals surface area contributed by atoms with Crippen molar-refractivity contribution in [3.8, 4) is 5.75 Å². The first kappa shape index (κ1) is 12.0. The van der Waals surface area contributed by atoms with Crippen molar-refractivity contribution in [1.82, 2.24) is 0 Å². The molecule has 1 aromatic carbocycles. The molecule has 16 heavy (non-hydrogen) atoms. The van der Waals surface area contributed by atoms with Crippen LogP contribution in [0.5, 0.6) is 5.75 Å². The Bertz CT molecular complexity index is 440. The normalized spacial score (nSPS) is 9.69. The number of rotatable bonds is 1. The van der Waals surface area contributed by atoms with Crippen LogP contribution in [0.25, 0.3) is 0 Å². The quantitative estimate of drug-likeness (QED) is 0.425. The van der Waals surface area contributed by atoms with Crippen LogP contribution < -0.4 is 5.32 Å². The van der Waals surface area contributed by atoms with Crippen molar-refractivity contribution >= 4 is 17.6 Å². The van der Waals surface area contributed by atoms with Crippen LogP contribution in [0.4, 0.5) is 5.69 Å². The number of hydrogen-bond donors (Lipinski definition) is 2. The van der Waals surface area contributed by atoms with Crippen LogP contribution in [-0.2, 0) is 14.3 Å². The Morgan fingerprint density at radius 3 is 2.38 bits per heavy atom. The van der Waals surface area contributed by atoms with Crippen LogP contribution >= 0.6 is 0 Å². The van der Waals surface area contributed by atoms with Gasteiger partial charge in [0.2, 0.25) is 0 Å². The van der Waals surface area contributed by atoms with Crippen molar-refractivity contribution in [3.63, 3.8) is 0 Å². The van der Waals surface area contributed by atoms with Crippen LogP contribution in [-0.4, -0.2) is 24.1 Å². The van der Waals surface area contributed by atoms with E-state index in [2.05, 4.69) is 10.1 Å². The molecule has 1 amide bonds. The van der Waals surface area contributed by atoms with Crippen LogP contribution in [0.3, 0.4) is 0 Å². The molecule has 0 saturated heterocycles. The Morgan fingerprint density at radius 2 is 1.81 bits per heavy atom. The molecule has 0 atom stereocenters. The lowest BCUT2D eigenvalue weighted by molar-refractivity contribution is -0.150. The summed E-state index contributed by atoms with van der Waals surface area (Å²) >= 11 is 0. The fourth-order valence-corrected chi connectivity index (χ4v) is 1.17. The summed E-state index contributed by atoms with van der Waals surface area (Å²) in [5.41, 5.74) is 1.99. The lowest BCUT2D eigenvalue weighted by atomic mass is 10.1. The summed E-state index contributed by atoms with van der Waals surface area (Å²) in [4.78, 5) is 22.1. The maximum absolute atomic E-state index is 11.2. The van der Waals surface area contributed by atoms with E-state index >= 15 is 0 Å². The first-order valence-electron chi connectivity index (χ1n) is 4.65. The first-order valence-corrected chi connectivity index (χ1v) is 4.65. The summed E-state index contributed by atoms with van der Waals surface area (Å²) in [5.74, 6) is -2.00. The molecule has 0 unspecified atom stereocenters. The second-order valence-corrected chi connectivity index (χ2v) is 3.40. The van der Waals surface area contributed by atoms with Crippen LogP contribution in [0.2, 0.25) is 0 Å². The highest BCUT2D eigenvalue weighted by Gasteiger charge is 2.15. The zero-order valence-corrected chi connectivity index (χ0v) is 9.33. The van der Waals surface area contributed by atoms with Crippen LogP contribution in [0.1, 0.15) is 11.1 Å². The number of benzene rings is 1. The van der Waals surface area contributed by atoms with Crippen molar-refractivity contribution in [2.24, 2.45) is 0 Å². The molecular weight excluding hydrogens is 210 g/mol. The number of anilines is 1. The lowest BCUT2D eigenvalue weighted by Crippen LogP contribution is -2.23. The Hall–Kier alpha value is -2.04. The second-order valence-electron chi connectivity index (χ2n) is 3.40. The van der Waals surface area contributed by atoms with Gasteiger partial charge in [-0.05, 0) is 37.1 Å². The molecule has 0 aromatic heterocycles. The Morgan fingerprint density at radius 1 is 1.25 bits per heavy atom. The molecular formula is C11H13NO4. The Kier molecular flexibility index (Phi) is 3.50. The topological polar surface area (TPSA) is 75.6 Å². The van der Waals surface area contributed by atoms with Crippen LogP contribution in [0, 0.1) is 13.8 Å². The number of ether oxygens (including phenoxy) is 1. The van der Waals surface area contributed by atoms with Gasteiger partial charge in [0.15, 0.2) is 0 Å². The molecule has 0 saturated carbocycles. The van der Waals surface area contributed by atoms with Crippen molar-refractivity contribution in [3.05, 3.63) is 23.3 Å². The molecule has 0 fully saturated rings. The van der Waals surface area contributed by atoms with Crippen molar-refractivity contribution < 1.29 is 19.4 Å². The predicted octanol–water partition coefficient (Wildman–Crippen LogP) is 1.12. The first-order chi connectivity index (χ1) is 7.45. The SMILES string of the molecule is COC(=O)C(=O)Nc1cc(C)c(C)cc1O. The minimum Gasteiger partial charge on any atom is -0.506 e. The molecule has 0 spiro atoms. The molecule has 2 N–H and O–H groups in total. The molecule has 0 aliphatic rings. The number of methoxy groups -OCH3 is 1. The standard InChI is InChI=1S/C11H13NO4/c1-6-4-8(9(13)5-7(6)2)12-10(14)11(15)16-3/h4-5,13H,1-3H3,(H,12,14). The molecule has 86 valence electrons. The van der Waals surface area contributed by atoms with Gasteiger partial charge in [0, 0.05) is 0 Å². The number of hydrogen-bond acceptors (Lipinski definition) is 4. The molecule has 5 heteroatoms. The highest BCUT2D eigenvalue weighted by Crippen LogP contribution is 2.26. The van der Waals surface area contributed by atoms with Gasteiger partial charge in [-0.25, -0.2) is 4.79 Å². The van der Waals surface area contributed by atoms with Gasteiger partial charge in [-0.3, -0.25) is 4.79 Å². The number of nitrogens with one attached hydrogen (secondary N) is 1. The number of phenolic OH excluding ortho intramolecular Hbond substituents is 1. The number of amides is 1. The monoisotopic (exact) mass is 223 g/mol. The predicted molar refractivity (Wildman–Crippen MR) is 58.2 cm³/mol. The average molecular weight is 223 g/mol. The van der Waals surface area contributed by atoms with Crippen LogP contribution in [0.15, 0.2) is 12.1 Å². The summed E-state index contributed by atoms with van der Waals surface area (Å²) in [6, 6.07) is 3.10. The van der Waals surface area contributed by atoms with E-state index in [1.807, 2.05) is 13.8 Å². The van der Waals surface area contributed by atoms with Crippen molar-refractivity contribution in [2.75, 3.05) is 12.4 Å². The number of phenols is 1. The fourth-order valence-electron chi connectivity index (χ4n) is 1.17. The summed E-state index contributed by atoms with van der Waals surface area (Å²) in [7, 11) is 1.11. The van der Waals surface area contributed by atoms with Gasteiger partial charge in [-0.15, -0.1) is 0 Å². The van der Waals surface area contributed by atoms with E-state index < -0.39 is 11.9 Å². The molecule has 1 aromatic rings. The highest BCUT2D eigenvalue weighted by molar-refractivity contribution is 6.37. The lowest BCUT2D eigenvalue weighted by Gasteiger charge is -2.09. The summed E-state index contributed by atoms with van der Waals surface area (Å²) in [5, 5.41) is 11.8. The zero-order valence-electron chi connectivity index (χ0n) is 9.33. The Labute approximate surface area is 93.0 Å². The molecule has 1 rings (SSSR count). The zero-order chi connectivity index (χ0) is 12.3. The van der Waals surface area contributed by atoms with Gasteiger partial charge < -0.3 is 15.2 Å². The third kappa shape index (κ3) is 2.50. The fraction of sp³-hybridized carbons (Fsp3) is 0.273. The van der Waals surface area contributed by atoms with E-state index in [1.54, 1.807) is 6.07 Å². The van der Waals surface area contributed by atoms with Crippen molar-refractivity contribution in [1.29, 1.82) is 0 Å². The maximum Gasteiger partial charge on any atom is 0.396 e. The minimum absolute atomic E-state index is 0.0830. The molecule has 0 radical (unpaired) electrons. The Balaban J connectivity index is 2.94. The third-order valence-electron chi connectivity index (χ3n) is 2.23. The van der Waals surface area contributed by atoms with Gasteiger partial charge in [-0.2, -0.15) is 0 Å². The molecule has 0 bridgehead atoms. The number of carbonyl (C=O) groups excluding carboxylic acids is 2. The minimum atomic E-state index is -1.00. The van der Waals surface area contributed by atoms with E-state index in [4.69, 9.17) is 0 Å².